The highest BCUT2D eigenvalue weighted by atomic mass is 127. The minimum absolute atomic E-state index is 0.105. The summed E-state index contributed by atoms with van der Waals surface area (Å²) in [5.41, 5.74) is 2.91. The van der Waals surface area contributed by atoms with Crippen LogP contribution in [0.4, 0.5) is 0 Å². The van der Waals surface area contributed by atoms with Gasteiger partial charge in [-0.25, -0.2) is 0 Å². The first-order valence-corrected chi connectivity index (χ1v) is 10.3. The van der Waals surface area contributed by atoms with Gasteiger partial charge in [-0.15, -0.1) is 0 Å². The summed E-state index contributed by atoms with van der Waals surface area (Å²) < 4.78 is 5.35. The number of hydrogen-bond donors (Lipinski definition) is 1. The summed E-state index contributed by atoms with van der Waals surface area (Å²) >= 11 is 1.94. The minimum atomic E-state index is 0.105. The van der Waals surface area contributed by atoms with Gasteiger partial charge in [0.25, 0.3) is 0 Å². The molecule has 5 rings (SSSR count). The molecule has 0 amide bonds. The van der Waals surface area contributed by atoms with Crippen molar-refractivity contribution in [2.75, 3.05) is 0 Å². The number of phenolic OH excluding ortho intramolecular Hbond substituents is 1. The van der Waals surface area contributed by atoms with Crippen molar-refractivity contribution >= 4 is 23.0 Å². The van der Waals surface area contributed by atoms with Gasteiger partial charge in [0.2, 0.25) is 0 Å². The van der Waals surface area contributed by atoms with Crippen molar-refractivity contribution in [1.29, 1.82) is 0 Å². The normalized spacial score (nSPS) is 35.7. The number of fused-ring (bicyclic) bond motifs is 5. The Morgan fingerprint density at radius 1 is 0.920 bits per heavy atom. The Bertz CT molecular complexity index is 770. The number of halogens is 1. The zero-order valence-corrected chi connectivity index (χ0v) is 16.4. The van der Waals surface area contributed by atoms with Crippen LogP contribution in [-0.2, 0) is 5.41 Å². The summed E-state index contributed by atoms with van der Waals surface area (Å²) in [6.07, 6.45) is 6.89. The Morgan fingerprint density at radius 2 is 1.56 bits per heavy atom. The Balaban J connectivity index is 1.65. The van der Waals surface area contributed by atoms with Crippen LogP contribution >= 0.6 is 23.0 Å². The fraction of sp³-hybridized carbons (Fsp3) is 0.455. The first-order valence-electron chi connectivity index (χ1n) is 9.41. The molecule has 3 fully saturated rings. The molecule has 0 radical (unpaired) electrons. The van der Waals surface area contributed by atoms with E-state index in [0.717, 1.165) is 29.4 Å². The highest BCUT2D eigenvalue weighted by Gasteiger charge is 2.61. The van der Waals surface area contributed by atoms with Gasteiger partial charge in [0, 0.05) is 5.41 Å². The van der Waals surface area contributed by atoms with Crippen LogP contribution in [0.5, 0.6) is 11.5 Å². The van der Waals surface area contributed by atoms with Gasteiger partial charge >= 0.3 is 0 Å². The van der Waals surface area contributed by atoms with Gasteiger partial charge in [0.05, 0.1) is 0 Å². The molecular weight excluding hydrogens is 423 g/mol. The van der Waals surface area contributed by atoms with E-state index in [1.807, 2.05) is 35.1 Å². The van der Waals surface area contributed by atoms with Crippen molar-refractivity contribution in [2.24, 2.45) is 23.7 Å². The van der Waals surface area contributed by atoms with E-state index < -0.39 is 0 Å². The molecule has 3 saturated carbocycles. The molecule has 4 unspecified atom stereocenters. The number of hydrogen-bond acceptors (Lipinski definition) is 2. The lowest BCUT2D eigenvalue weighted by molar-refractivity contribution is 0.181. The molecule has 0 spiro atoms. The molecule has 1 N–H and O–H groups in total. The first kappa shape index (κ1) is 16.0. The molecule has 0 saturated heterocycles. The topological polar surface area (TPSA) is 29.5 Å². The van der Waals surface area contributed by atoms with Crippen molar-refractivity contribution < 1.29 is 8.17 Å². The maximum Gasteiger partial charge on any atom is 0.192 e. The van der Waals surface area contributed by atoms with E-state index in [9.17, 15) is 5.11 Å². The lowest BCUT2D eigenvalue weighted by Gasteiger charge is -2.44. The summed E-state index contributed by atoms with van der Waals surface area (Å²) in [5.74, 6) is 4.72. The molecule has 2 aromatic carbocycles. The molecule has 3 aliphatic carbocycles. The molecule has 3 heteroatoms. The Kier molecular flexibility index (Phi) is 3.77. The highest BCUT2D eigenvalue weighted by molar-refractivity contribution is 14.1. The van der Waals surface area contributed by atoms with Gasteiger partial charge in [-0.3, -0.25) is 0 Å². The van der Waals surface area contributed by atoms with E-state index in [1.165, 1.54) is 43.2 Å². The standard InChI is InChI=1S/C22H23IO2/c23-25-18-10-6-16(7-11-18)22(15-4-8-17(24)9-5-15)13-14-12-21(22)20-3-1-2-19(14)20/h4-11,14,19-21,24H,1-3,12-13H2/t14-,19?,20?,21?,22?/m1/s1. The SMILES string of the molecule is Oc1ccc(C2(c3ccc(OI)cc3)C[C@H]3CC2C2CCCC23)cc1. The lowest BCUT2D eigenvalue weighted by Crippen LogP contribution is -2.40. The average molecular weight is 446 g/mol. The summed E-state index contributed by atoms with van der Waals surface area (Å²) in [6, 6.07) is 16.8. The molecule has 2 nitrogen and oxygen atoms in total. The Hall–Kier alpha value is -1.23. The van der Waals surface area contributed by atoms with Gasteiger partial charge < -0.3 is 8.17 Å². The third-order valence-corrected chi connectivity index (χ3v) is 7.87. The summed E-state index contributed by atoms with van der Waals surface area (Å²) in [7, 11) is 0. The van der Waals surface area contributed by atoms with E-state index in [-0.39, 0.29) is 5.41 Å². The molecule has 0 heterocycles. The van der Waals surface area contributed by atoms with E-state index in [1.54, 1.807) is 0 Å². The summed E-state index contributed by atoms with van der Waals surface area (Å²) in [4.78, 5) is 0. The first-order chi connectivity index (χ1) is 12.2. The second-order valence-electron chi connectivity index (χ2n) is 8.18. The van der Waals surface area contributed by atoms with Crippen molar-refractivity contribution in [3.05, 3.63) is 59.7 Å². The van der Waals surface area contributed by atoms with Crippen LogP contribution in [0.1, 0.15) is 43.2 Å². The fourth-order valence-electron chi connectivity index (χ4n) is 6.54. The third kappa shape index (κ3) is 2.27. The van der Waals surface area contributed by atoms with Crippen molar-refractivity contribution in [3.8, 4) is 11.5 Å². The molecule has 5 atom stereocenters. The number of phenols is 1. The predicted octanol–water partition coefficient (Wildman–Crippen LogP) is 5.86. The number of rotatable bonds is 3. The second kappa shape index (κ2) is 5.90. The van der Waals surface area contributed by atoms with Gasteiger partial charge in [0.1, 0.15) is 11.5 Å². The van der Waals surface area contributed by atoms with Crippen LogP contribution in [-0.4, -0.2) is 5.11 Å². The van der Waals surface area contributed by atoms with Gasteiger partial charge in [-0.05, 0) is 84.7 Å². The fourth-order valence-corrected chi connectivity index (χ4v) is 6.83. The van der Waals surface area contributed by atoms with E-state index in [2.05, 4.69) is 36.4 Å². The van der Waals surface area contributed by atoms with E-state index in [4.69, 9.17) is 3.07 Å². The van der Waals surface area contributed by atoms with E-state index >= 15 is 0 Å². The van der Waals surface area contributed by atoms with Gasteiger partial charge in [-0.1, -0.05) is 30.7 Å². The third-order valence-electron chi connectivity index (χ3n) is 7.36. The Labute approximate surface area is 163 Å². The van der Waals surface area contributed by atoms with Crippen LogP contribution in [0.15, 0.2) is 48.5 Å². The molecule has 25 heavy (non-hydrogen) atoms. The van der Waals surface area contributed by atoms with Crippen molar-refractivity contribution in [1.82, 2.24) is 0 Å². The van der Waals surface area contributed by atoms with Crippen LogP contribution < -0.4 is 3.07 Å². The van der Waals surface area contributed by atoms with Crippen molar-refractivity contribution in [2.45, 2.75) is 37.5 Å². The quantitative estimate of drug-likeness (QED) is 0.599. The Morgan fingerprint density at radius 3 is 2.24 bits per heavy atom. The zero-order chi connectivity index (χ0) is 17.0. The average Bonchev–Trinajstić information content (AvgIpc) is 3.34. The highest BCUT2D eigenvalue weighted by Crippen LogP contribution is 2.68. The van der Waals surface area contributed by atoms with Crippen molar-refractivity contribution in [3.63, 3.8) is 0 Å². The number of benzene rings is 2. The molecule has 2 aromatic rings. The van der Waals surface area contributed by atoms with Gasteiger partial charge in [0.15, 0.2) is 23.0 Å². The van der Waals surface area contributed by atoms with Crippen LogP contribution in [0.3, 0.4) is 0 Å². The summed E-state index contributed by atoms with van der Waals surface area (Å²) in [6.45, 7) is 0. The molecule has 130 valence electrons. The van der Waals surface area contributed by atoms with Crippen LogP contribution in [0.2, 0.25) is 0 Å². The molecule has 0 aromatic heterocycles. The smallest absolute Gasteiger partial charge is 0.192 e. The molecule has 0 aliphatic heterocycles. The maximum atomic E-state index is 9.79. The van der Waals surface area contributed by atoms with Crippen LogP contribution in [0.25, 0.3) is 0 Å². The number of aromatic hydroxyl groups is 1. The largest absolute Gasteiger partial charge is 0.508 e. The minimum Gasteiger partial charge on any atom is -0.508 e. The maximum absolute atomic E-state index is 9.79. The zero-order valence-electron chi connectivity index (χ0n) is 14.2. The van der Waals surface area contributed by atoms with Gasteiger partial charge in [-0.2, -0.15) is 0 Å². The van der Waals surface area contributed by atoms with E-state index in [0.29, 0.717) is 5.75 Å². The predicted molar refractivity (Wildman–Crippen MR) is 107 cm³/mol. The molecule has 2 bridgehead atoms. The summed E-state index contributed by atoms with van der Waals surface area (Å²) in [5, 5.41) is 9.79. The second-order valence-corrected chi connectivity index (χ2v) is 8.63. The monoisotopic (exact) mass is 446 g/mol. The lowest BCUT2D eigenvalue weighted by atomic mass is 9.59. The molecule has 3 aliphatic rings. The molecular formula is C22H23IO2. The van der Waals surface area contributed by atoms with Crippen LogP contribution in [0, 0.1) is 23.7 Å².